The van der Waals surface area contributed by atoms with Crippen molar-refractivity contribution in [3.05, 3.63) is 46.1 Å². The molecule has 0 bridgehead atoms. The van der Waals surface area contributed by atoms with Crippen LogP contribution in [0.3, 0.4) is 0 Å². The molecule has 2 aliphatic rings. The van der Waals surface area contributed by atoms with E-state index in [-0.39, 0.29) is 33.2 Å². The topological polar surface area (TPSA) is 232 Å². The lowest BCUT2D eigenvalue weighted by atomic mass is 10.0. The van der Waals surface area contributed by atoms with E-state index in [1.54, 1.807) is 12.5 Å². The van der Waals surface area contributed by atoms with Gasteiger partial charge in [0.05, 0.1) is 6.33 Å². The van der Waals surface area contributed by atoms with Crippen LogP contribution in [0.5, 0.6) is 0 Å². The summed E-state index contributed by atoms with van der Waals surface area (Å²) in [5.41, 5.74) is 12.7. The van der Waals surface area contributed by atoms with Crippen LogP contribution in [0, 0.1) is 0 Å². The Kier molecular flexibility index (Phi) is 9.05. The van der Waals surface area contributed by atoms with Crippen molar-refractivity contribution in [1.82, 2.24) is 24.8 Å². The minimum atomic E-state index is -1.41. The predicted molar refractivity (Wildman–Crippen MR) is 160 cm³/mol. The number of aromatic nitrogens is 4. The fourth-order valence-electron chi connectivity index (χ4n) is 4.65. The zero-order chi connectivity index (χ0) is 31.7. The third-order valence-electron chi connectivity index (χ3n) is 6.82. The van der Waals surface area contributed by atoms with Gasteiger partial charge in [0.15, 0.2) is 29.8 Å². The molecule has 3 aromatic rings. The van der Waals surface area contributed by atoms with Crippen molar-refractivity contribution in [2.24, 2.45) is 10.9 Å². The smallest absolute Gasteiger partial charge is 0.352 e. The first kappa shape index (κ1) is 31.2. The minimum Gasteiger partial charge on any atom is -0.478 e. The van der Waals surface area contributed by atoms with E-state index in [1.165, 1.54) is 18.7 Å². The summed E-state index contributed by atoms with van der Waals surface area (Å²) in [7, 11) is 0. The second kappa shape index (κ2) is 12.8. The molecule has 0 aromatic carbocycles. The van der Waals surface area contributed by atoms with E-state index in [9.17, 15) is 24.3 Å². The fourth-order valence-corrected chi connectivity index (χ4v) is 6.91. The third kappa shape index (κ3) is 6.05. The number of β-lactam (4-membered cyclic amide) rings is 1. The van der Waals surface area contributed by atoms with Crippen molar-refractivity contribution in [3.63, 3.8) is 0 Å². The Hall–Kier alpha value is -4.26. The van der Waals surface area contributed by atoms with Crippen LogP contribution >= 0.6 is 34.7 Å². The Bertz CT molecular complexity index is 1720. The van der Waals surface area contributed by atoms with Crippen molar-refractivity contribution in [2.75, 3.05) is 18.0 Å². The highest BCUT2D eigenvalue weighted by Crippen LogP contribution is 2.40. The number of nitrogens with one attached hydrogen (secondary N) is 1. The maximum Gasteiger partial charge on any atom is 0.352 e. The normalized spacial score (nSPS) is 19.0. The summed E-state index contributed by atoms with van der Waals surface area (Å²) in [5, 5.41) is 24.7. The molecule has 2 unspecified atom stereocenters. The number of thiazole rings is 1. The van der Waals surface area contributed by atoms with Crippen LogP contribution in [0.2, 0.25) is 4.34 Å². The summed E-state index contributed by atoms with van der Waals surface area (Å²) in [6, 6.07) is 0.720. The molecule has 0 radical (unpaired) electrons. The molecule has 5 rings (SSSR count). The number of aryl methyl sites for hydroxylation is 1. The average Bonchev–Trinajstić information content (AvgIpc) is 3.55. The lowest BCUT2D eigenvalue weighted by molar-refractivity contribution is -0.687. The van der Waals surface area contributed by atoms with Gasteiger partial charge in [-0.25, -0.2) is 19.6 Å². The number of carbonyl (C=O) groups excluding carboxylic acids is 2. The van der Waals surface area contributed by atoms with Gasteiger partial charge in [-0.15, -0.1) is 11.8 Å². The maximum atomic E-state index is 13.3. The van der Waals surface area contributed by atoms with E-state index < -0.39 is 47.0 Å². The first-order chi connectivity index (χ1) is 21.0. The van der Waals surface area contributed by atoms with Crippen LogP contribution in [0.15, 0.2) is 41.2 Å². The monoisotopic (exact) mass is 664 g/mol. The molecule has 1 fully saturated rings. The number of nitrogens with two attached hydrogens (primary N) is 2. The van der Waals surface area contributed by atoms with Crippen molar-refractivity contribution in [3.8, 4) is 0 Å². The van der Waals surface area contributed by atoms with E-state index >= 15 is 0 Å². The van der Waals surface area contributed by atoms with E-state index in [1.807, 2.05) is 21.4 Å². The van der Waals surface area contributed by atoms with Crippen LogP contribution in [-0.2, 0) is 37.1 Å². The van der Waals surface area contributed by atoms with E-state index in [4.69, 9.17) is 33.0 Å². The molecule has 3 atom stereocenters. The molecular weight excluding hydrogens is 638 g/mol. The zero-order valence-electron chi connectivity index (χ0n) is 23.0. The predicted octanol–water partition coefficient (Wildman–Crippen LogP) is -0.00270. The van der Waals surface area contributed by atoms with Crippen LogP contribution in [-0.4, -0.2) is 88.9 Å². The number of oxime groups is 1. The van der Waals surface area contributed by atoms with Gasteiger partial charge in [0.1, 0.15) is 38.2 Å². The highest BCUT2D eigenvalue weighted by molar-refractivity contribution is 8.00. The Morgan fingerprint density at radius 1 is 1.36 bits per heavy atom. The number of nitrogens with zero attached hydrogens (tertiary/aromatic N) is 6. The summed E-state index contributed by atoms with van der Waals surface area (Å²) in [4.78, 5) is 64.6. The third-order valence-corrected chi connectivity index (χ3v) is 9.25. The minimum absolute atomic E-state index is 0.00422. The number of nitrogen functional groups attached to an aromatic ring is 1. The number of rotatable bonds is 12. The van der Waals surface area contributed by atoms with Gasteiger partial charge in [0.2, 0.25) is 6.10 Å². The lowest BCUT2D eigenvalue weighted by Crippen LogP contribution is -2.71. The maximum absolute atomic E-state index is 13.3. The number of carboxylic acid groups (broad SMARTS) is 2. The van der Waals surface area contributed by atoms with Crippen LogP contribution in [0.25, 0.3) is 11.0 Å². The zero-order valence-corrected chi connectivity index (χ0v) is 25.4. The molecule has 3 aromatic heterocycles. The summed E-state index contributed by atoms with van der Waals surface area (Å²) >= 11 is 8.31. The van der Waals surface area contributed by atoms with E-state index in [0.717, 1.165) is 33.7 Å². The summed E-state index contributed by atoms with van der Waals surface area (Å²) in [5.74, 6) is -3.92. The Labute approximate surface area is 262 Å². The number of thioether (sulfide) groups is 1. The number of halogens is 1. The number of hydrogen-bond acceptors (Lipinski definition) is 12. The number of pyridine rings is 1. The second-order valence-electron chi connectivity index (χ2n) is 9.79. The van der Waals surface area contributed by atoms with Crippen molar-refractivity contribution in [1.29, 1.82) is 0 Å². The first-order valence-corrected chi connectivity index (χ1v) is 15.4. The highest BCUT2D eigenvalue weighted by Gasteiger charge is 2.55. The number of amides is 2. The highest BCUT2D eigenvalue weighted by atomic mass is 35.5. The quantitative estimate of drug-likeness (QED) is 0.0745. The molecule has 1 saturated heterocycles. The SMILES string of the molecule is C[C@H](O/N=C(\C(=O)NC1C(=O)N2C(C(=O)O)=C(C[n+]3ccc4ncn(CCCN)c4c3)CSC12)c1nc(N)sc1Cl)C(=O)O. The van der Waals surface area contributed by atoms with Crippen molar-refractivity contribution >= 4 is 80.3 Å². The number of carbonyl (C=O) groups is 4. The number of fused-ring (bicyclic) bond motifs is 2. The lowest BCUT2D eigenvalue weighted by Gasteiger charge is -2.49. The largest absolute Gasteiger partial charge is 0.478 e. The van der Waals surface area contributed by atoms with Gasteiger partial charge >= 0.3 is 11.9 Å². The molecular formula is C25H27ClN9O7S2+. The van der Waals surface area contributed by atoms with Crippen molar-refractivity contribution in [2.45, 2.75) is 44.0 Å². The summed E-state index contributed by atoms with van der Waals surface area (Å²) in [6.07, 6.45) is 4.75. The second-order valence-corrected chi connectivity index (χ2v) is 12.5. The molecule has 5 heterocycles. The number of anilines is 1. The molecule has 2 aliphatic heterocycles. The van der Waals surface area contributed by atoms with Crippen LogP contribution in [0.1, 0.15) is 19.0 Å². The molecule has 16 nitrogen and oxygen atoms in total. The Balaban J connectivity index is 1.36. The Morgan fingerprint density at radius 3 is 2.80 bits per heavy atom. The molecule has 0 aliphatic carbocycles. The molecule has 19 heteroatoms. The number of aliphatic carboxylic acids is 2. The molecule has 44 heavy (non-hydrogen) atoms. The molecule has 0 saturated carbocycles. The summed E-state index contributed by atoms with van der Waals surface area (Å²) in [6.45, 7) is 2.63. The van der Waals surface area contributed by atoms with E-state index in [2.05, 4.69) is 20.4 Å². The molecule has 2 amide bonds. The standard InChI is InChI=1S/C25H26ClN9O7S2/c1-11(23(38)39)42-32-16(15-19(26)44-25(28)31-15)20(36)30-17-21(37)35-18(24(40)41)12(9-43-22(17)35)7-33-6-3-13-14(8-33)34(10-29-13)5-2-4-27/h3,6,8,10-11,17,22H,2,4-5,7,9,27H2,1H3,(H4-,28,30,31,36,38,39,40,41)/p+1/b32-16-/t11-,17?,22?/m0/s1. The van der Waals surface area contributed by atoms with Gasteiger partial charge in [0.25, 0.3) is 11.8 Å². The number of hydrogen-bond donors (Lipinski definition) is 5. The van der Waals surface area contributed by atoms with Crippen molar-refractivity contribution < 1.29 is 38.8 Å². The first-order valence-electron chi connectivity index (χ1n) is 13.1. The Morgan fingerprint density at radius 2 is 2.14 bits per heavy atom. The molecule has 232 valence electrons. The van der Waals surface area contributed by atoms with Gasteiger partial charge in [-0.3, -0.25) is 14.5 Å². The van der Waals surface area contributed by atoms with Gasteiger partial charge < -0.3 is 36.4 Å². The van der Waals surface area contributed by atoms with Crippen LogP contribution in [0.4, 0.5) is 5.13 Å². The average molecular weight is 665 g/mol. The van der Waals surface area contributed by atoms with Gasteiger partial charge in [-0.2, -0.15) is 4.57 Å². The fraction of sp³-hybridized carbons (Fsp3) is 0.360. The van der Waals surface area contributed by atoms with Gasteiger partial charge in [-0.1, -0.05) is 28.1 Å². The van der Waals surface area contributed by atoms with Crippen LogP contribution < -0.4 is 21.4 Å². The number of imidazole rings is 1. The van der Waals surface area contributed by atoms with E-state index in [0.29, 0.717) is 18.7 Å². The molecule has 7 N–H and O–H groups in total. The van der Waals surface area contributed by atoms with Gasteiger partial charge in [0, 0.05) is 23.9 Å². The molecule has 0 spiro atoms. The van der Waals surface area contributed by atoms with Gasteiger partial charge in [-0.05, 0) is 19.9 Å². The summed E-state index contributed by atoms with van der Waals surface area (Å²) < 4.78 is 3.80. The number of carboxylic acids is 2.